The fraction of sp³-hybridized carbons (Fsp3) is 0.632. The van der Waals surface area contributed by atoms with E-state index in [9.17, 15) is 4.79 Å². The molecule has 1 unspecified atom stereocenters. The van der Waals surface area contributed by atoms with Crippen LogP contribution in [0.3, 0.4) is 0 Å². The molecule has 1 atom stereocenters. The van der Waals surface area contributed by atoms with Gasteiger partial charge >= 0.3 is 0 Å². The predicted octanol–water partition coefficient (Wildman–Crippen LogP) is 1.83. The molecule has 0 spiro atoms. The molecular weight excluding hydrogens is 300 g/mol. The smallest absolute Gasteiger partial charge is 0.221 e. The standard InChI is InChI=1S/C19H32N4O/c1-2-3-7-17(16-20)21-19(24)10-11-22-12-14-23(15-13-22)18-8-5-4-6-9-18/h4-6,8-9,17H,2-3,7,10-16,20H2,1H3,(H,21,24). The largest absolute Gasteiger partial charge is 0.369 e. The van der Waals surface area contributed by atoms with E-state index in [0.717, 1.165) is 52.0 Å². The van der Waals surface area contributed by atoms with Gasteiger partial charge < -0.3 is 16.0 Å². The molecule has 0 aliphatic carbocycles. The normalized spacial score (nSPS) is 16.8. The topological polar surface area (TPSA) is 61.6 Å². The van der Waals surface area contributed by atoms with Crippen LogP contribution in [0.5, 0.6) is 0 Å². The van der Waals surface area contributed by atoms with Crippen molar-refractivity contribution in [1.29, 1.82) is 0 Å². The number of hydrogen-bond acceptors (Lipinski definition) is 4. The summed E-state index contributed by atoms with van der Waals surface area (Å²) in [5, 5.41) is 3.07. The van der Waals surface area contributed by atoms with Crippen LogP contribution >= 0.6 is 0 Å². The Morgan fingerprint density at radius 2 is 1.92 bits per heavy atom. The molecule has 1 saturated heterocycles. The van der Waals surface area contributed by atoms with E-state index < -0.39 is 0 Å². The van der Waals surface area contributed by atoms with Crippen molar-refractivity contribution in [2.75, 3.05) is 44.2 Å². The molecule has 1 aliphatic heterocycles. The summed E-state index contributed by atoms with van der Waals surface area (Å²) >= 11 is 0. The number of unbranched alkanes of at least 4 members (excludes halogenated alkanes) is 1. The molecule has 2 rings (SSSR count). The molecule has 1 heterocycles. The van der Waals surface area contributed by atoms with E-state index in [1.807, 2.05) is 6.07 Å². The van der Waals surface area contributed by atoms with Crippen molar-refractivity contribution in [3.8, 4) is 0 Å². The number of benzene rings is 1. The van der Waals surface area contributed by atoms with Crippen molar-refractivity contribution in [2.45, 2.75) is 38.6 Å². The van der Waals surface area contributed by atoms with Crippen LogP contribution in [0.2, 0.25) is 0 Å². The number of carbonyl (C=O) groups is 1. The van der Waals surface area contributed by atoms with E-state index in [0.29, 0.717) is 13.0 Å². The quantitative estimate of drug-likeness (QED) is 0.724. The Labute approximate surface area is 146 Å². The van der Waals surface area contributed by atoms with Crippen molar-refractivity contribution in [2.24, 2.45) is 5.73 Å². The van der Waals surface area contributed by atoms with Crippen LogP contribution in [0, 0.1) is 0 Å². The van der Waals surface area contributed by atoms with Crippen LogP contribution in [-0.4, -0.2) is 56.1 Å². The minimum Gasteiger partial charge on any atom is -0.369 e. The summed E-state index contributed by atoms with van der Waals surface area (Å²) in [5.74, 6) is 0.132. The first-order valence-corrected chi connectivity index (χ1v) is 9.24. The molecule has 134 valence electrons. The lowest BCUT2D eigenvalue weighted by Gasteiger charge is -2.36. The Balaban J connectivity index is 1.66. The Morgan fingerprint density at radius 1 is 1.21 bits per heavy atom. The lowest BCUT2D eigenvalue weighted by atomic mass is 10.1. The fourth-order valence-electron chi connectivity index (χ4n) is 3.13. The molecule has 1 fully saturated rings. The second kappa shape index (κ2) is 10.3. The molecule has 0 saturated carbocycles. The molecule has 0 radical (unpaired) electrons. The molecule has 0 aromatic heterocycles. The van der Waals surface area contributed by atoms with Gasteiger partial charge in [0.05, 0.1) is 0 Å². The van der Waals surface area contributed by atoms with Gasteiger partial charge in [-0.3, -0.25) is 9.69 Å². The highest BCUT2D eigenvalue weighted by molar-refractivity contribution is 5.76. The van der Waals surface area contributed by atoms with Gasteiger partial charge in [0.1, 0.15) is 0 Å². The first-order chi connectivity index (χ1) is 11.7. The zero-order valence-corrected chi connectivity index (χ0v) is 14.9. The van der Waals surface area contributed by atoms with E-state index in [1.54, 1.807) is 0 Å². The number of para-hydroxylation sites is 1. The molecular formula is C19H32N4O. The van der Waals surface area contributed by atoms with E-state index in [4.69, 9.17) is 5.73 Å². The Bertz CT molecular complexity index is 472. The molecule has 24 heavy (non-hydrogen) atoms. The van der Waals surface area contributed by atoms with Crippen LogP contribution in [0.25, 0.3) is 0 Å². The third-order valence-electron chi connectivity index (χ3n) is 4.70. The van der Waals surface area contributed by atoms with E-state index >= 15 is 0 Å². The Kier molecular flexibility index (Phi) is 8.05. The molecule has 5 heteroatoms. The number of nitrogens with two attached hydrogens (primary N) is 1. The van der Waals surface area contributed by atoms with Gasteiger partial charge in [-0.15, -0.1) is 0 Å². The number of carbonyl (C=O) groups excluding carboxylic acids is 1. The van der Waals surface area contributed by atoms with Crippen LogP contribution in [0.4, 0.5) is 5.69 Å². The summed E-state index contributed by atoms with van der Waals surface area (Å²) in [7, 11) is 0. The van der Waals surface area contributed by atoms with Crippen molar-refractivity contribution < 1.29 is 4.79 Å². The molecule has 1 aromatic rings. The summed E-state index contributed by atoms with van der Waals surface area (Å²) < 4.78 is 0. The number of hydrogen-bond donors (Lipinski definition) is 2. The SMILES string of the molecule is CCCCC(CN)NC(=O)CCN1CCN(c2ccccc2)CC1. The van der Waals surface area contributed by atoms with Crippen LogP contribution in [-0.2, 0) is 4.79 Å². The van der Waals surface area contributed by atoms with Crippen molar-refractivity contribution in [3.63, 3.8) is 0 Å². The van der Waals surface area contributed by atoms with Crippen LogP contribution < -0.4 is 16.0 Å². The average Bonchev–Trinajstić information content (AvgIpc) is 2.64. The summed E-state index contributed by atoms with van der Waals surface area (Å²) in [5.41, 5.74) is 7.03. The second-order valence-corrected chi connectivity index (χ2v) is 6.56. The van der Waals surface area contributed by atoms with E-state index in [1.165, 1.54) is 5.69 Å². The van der Waals surface area contributed by atoms with Crippen LogP contribution in [0.15, 0.2) is 30.3 Å². The number of anilines is 1. The predicted molar refractivity (Wildman–Crippen MR) is 100 cm³/mol. The van der Waals surface area contributed by atoms with Crippen molar-refractivity contribution >= 4 is 11.6 Å². The van der Waals surface area contributed by atoms with Gasteiger partial charge in [0.2, 0.25) is 5.91 Å². The van der Waals surface area contributed by atoms with Crippen LogP contribution in [0.1, 0.15) is 32.6 Å². The Hall–Kier alpha value is -1.59. The first-order valence-electron chi connectivity index (χ1n) is 9.24. The number of rotatable bonds is 9. The third-order valence-corrected chi connectivity index (χ3v) is 4.70. The minimum absolute atomic E-state index is 0.132. The third kappa shape index (κ3) is 6.13. The molecule has 0 bridgehead atoms. The van der Waals surface area contributed by atoms with E-state index in [2.05, 4.69) is 46.3 Å². The highest BCUT2D eigenvalue weighted by Gasteiger charge is 2.18. The number of nitrogens with one attached hydrogen (secondary N) is 1. The van der Waals surface area contributed by atoms with Gasteiger partial charge in [0.25, 0.3) is 0 Å². The monoisotopic (exact) mass is 332 g/mol. The maximum absolute atomic E-state index is 12.1. The highest BCUT2D eigenvalue weighted by Crippen LogP contribution is 2.15. The lowest BCUT2D eigenvalue weighted by Crippen LogP contribution is -2.48. The lowest BCUT2D eigenvalue weighted by molar-refractivity contribution is -0.122. The molecule has 1 amide bonds. The van der Waals surface area contributed by atoms with Gasteiger partial charge in [-0.25, -0.2) is 0 Å². The summed E-state index contributed by atoms with van der Waals surface area (Å²) in [6, 6.07) is 10.7. The Morgan fingerprint density at radius 3 is 2.54 bits per heavy atom. The molecule has 1 aliphatic rings. The number of piperazine rings is 1. The minimum atomic E-state index is 0.132. The van der Waals surface area contributed by atoms with Gasteiger partial charge in [0, 0.05) is 57.4 Å². The summed E-state index contributed by atoms with van der Waals surface area (Å²) in [6.45, 7) is 7.59. The summed E-state index contributed by atoms with van der Waals surface area (Å²) in [6.07, 6.45) is 3.80. The first kappa shape index (κ1) is 18.7. The van der Waals surface area contributed by atoms with Gasteiger partial charge in [-0.1, -0.05) is 38.0 Å². The number of amides is 1. The molecule has 5 nitrogen and oxygen atoms in total. The summed E-state index contributed by atoms with van der Waals surface area (Å²) in [4.78, 5) is 16.9. The van der Waals surface area contributed by atoms with Gasteiger partial charge in [-0.05, 0) is 18.6 Å². The fourth-order valence-corrected chi connectivity index (χ4v) is 3.13. The second-order valence-electron chi connectivity index (χ2n) is 6.56. The maximum atomic E-state index is 12.1. The zero-order valence-electron chi connectivity index (χ0n) is 14.9. The van der Waals surface area contributed by atoms with Gasteiger partial charge in [-0.2, -0.15) is 0 Å². The van der Waals surface area contributed by atoms with E-state index in [-0.39, 0.29) is 11.9 Å². The number of nitrogens with zero attached hydrogens (tertiary/aromatic N) is 2. The maximum Gasteiger partial charge on any atom is 0.221 e. The molecule has 3 N–H and O–H groups in total. The highest BCUT2D eigenvalue weighted by atomic mass is 16.1. The molecule has 1 aromatic carbocycles. The van der Waals surface area contributed by atoms with Crippen molar-refractivity contribution in [3.05, 3.63) is 30.3 Å². The zero-order chi connectivity index (χ0) is 17.2. The average molecular weight is 332 g/mol. The van der Waals surface area contributed by atoms with Crippen molar-refractivity contribution in [1.82, 2.24) is 10.2 Å². The van der Waals surface area contributed by atoms with Gasteiger partial charge in [0.15, 0.2) is 0 Å².